The fourth-order valence-electron chi connectivity index (χ4n) is 5.65. The third kappa shape index (κ3) is 6.37. The molecule has 2 atom stereocenters. The number of fused-ring (bicyclic) bond motifs is 1. The number of likely N-dealkylation sites (tertiary alicyclic amines) is 1. The van der Waals surface area contributed by atoms with Gasteiger partial charge in [-0.1, -0.05) is 30.9 Å². The van der Waals surface area contributed by atoms with Crippen molar-refractivity contribution >= 4 is 22.7 Å². The first kappa shape index (κ1) is 27.7. The zero-order valence-corrected chi connectivity index (χ0v) is 24.2. The number of hydrogen-bond acceptors (Lipinski definition) is 7. The number of nitrogens with one attached hydrogen (secondary N) is 1. The van der Waals surface area contributed by atoms with E-state index in [4.69, 9.17) is 9.72 Å². The van der Waals surface area contributed by atoms with E-state index in [2.05, 4.69) is 58.1 Å². The van der Waals surface area contributed by atoms with Crippen molar-refractivity contribution in [3.05, 3.63) is 94.2 Å². The molecule has 0 saturated carbocycles. The van der Waals surface area contributed by atoms with Crippen LogP contribution in [0.3, 0.4) is 0 Å². The molecule has 8 heteroatoms. The molecule has 2 unspecified atom stereocenters. The predicted molar refractivity (Wildman–Crippen MR) is 166 cm³/mol. The molecule has 1 aliphatic heterocycles. The summed E-state index contributed by atoms with van der Waals surface area (Å²) in [5.41, 5.74) is 3.81. The van der Waals surface area contributed by atoms with Gasteiger partial charge in [0.25, 0.3) is 5.56 Å². The molecule has 8 nitrogen and oxygen atoms in total. The van der Waals surface area contributed by atoms with E-state index in [1.807, 2.05) is 42.6 Å². The van der Waals surface area contributed by atoms with Crippen molar-refractivity contribution in [2.75, 3.05) is 25.5 Å². The second-order valence-electron chi connectivity index (χ2n) is 11.1. The first-order valence-electron chi connectivity index (χ1n) is 14.8. The van der Waals surface area contributed by atoms with Crippen LogP contribution in [0.5, 0.6) is 5.75 Å². The van der Waals surface area contributed by atoms with E-state index in [0.29, 0.717) is 23.7 Å². The number of pyridine rings is 2. The largest absolute Gasteiger partial charge is 0.489 e. The number of aromatic nitrogens is 4. The maximum absolute atomic E-state index is 13.8. The van der Waals surface area contributed by atoms with E-state index < -0.39 is 0 Å². The summed E-state index contributed by atoms with van der Waals surface area (Å²) in [5, 5.41) is 4.05. The molecule has 3 aromatic heterocycles. The van der Waals surface area contributed by atoms with Gasteiger partial charge in [-0.2, -0.15) is 4.98 Å². The zero-order chi connectivity index (χ0) is 28.9. The van der Waals surface area contributed by atoms with Crippen LogP contribution in [0, 0.1) is 17.8 Å². The summed E-state index contributed by atoms with van der Waals surface area (Å²) in [6.45, 7) is 4.52. The molecule has 6 rings (SSSR count). The summed E-state index contributed by atoms with van der Waals surface area (Å²) >= 11 is 0. The van der Waals surface area contributed by atoms with E-state index in [-0.39, 0.29) is 17.6 Å². The van der Waals surface area contributed by atoms with Gasteiger partial charge in [-0.3, -0.25) is 14.3 Å². The number of likely N-dealkylation sites (N-methyl/N-ethyl adjacent to an activating group) is 1. The Kier molecular flexibility index (Phi) is 8.29. The number of hydrogen-bond donors (Lipinski definition) is 1. The van der Waals surface area contributed by atoms with Gasteiger partial charge in [0.15, 0.2) is 0 Å². The molecule has 0 spiro atoms. The fourth-order valence-corrected chi connectivity index (χ4v) is 5.65. The maximum Gasteiger partial charge on any atom is 0.268 e. The lowest BCUT2D eigenvalue weighted by atomic mass is 10.1. The lowest BCUT2D eigenvalue weighted by Gasteiger charge is -2.30. The van der Waals surface area contributed by atoms with Crippen molar-refractivity contribution in [2.24, 2.45) is 5.92 Å². The Morgan fingerprint density at radius 2 is 2.00 bits per heavy atom. The molecule has 1 saturated heterocycles. The van der Waals surface area contributed by atoms with Gasteiger partial charge < -0.3 is 15.0 Å². The number of aryl methyl sites for hydroxylation is 1. The van der Waals surface area contributed by atoms with Crippen molar-refractivity contribution in [1.82, 2.24) is 24.4 Å². The number of ether oxygens (including phenoxy) is 1. The van der Waals surface area contributed by atoms with Crippen molar-refractivity contribution in [1.29, 1.82) is 0 Å². The topological polar surface area (TPSA) is 85.2 Å². The third-order valence-corrected chi connectivity index (χ3v) is 7.94. The molecular weight excluding hydrogens is 524 g/mol. The Morgan fingerprint density at radius 3 is 2.79 bits per heavy atom. The molecule has 214 valence electrons. The van der Waals surface area contributed by atoms with E-state index in [0.717, 1.165) is 73.1 Å². The highest BCUT2D eigenvalue weighted by Crippen LogP contribution is 2.23. The highest BCUT2D eigenvalue weighted by Gasteiger charge is 2.19. The summed E-state index contributed by atoms with van der Waals surface area (Å²) in [5.74, 6) is 7.86. The van der Waals surface area contributed by atoms with Gasteiger partial charge in [0.05, 0.1) is 12.1 Å². The smallest absolute Gasteiger partial charge is 0.268 e. The molecule has 1 N–H and O–H groups in total. The van der Waals surface area contributed by atoms with Crippen LogP contribution < -0.4 is 15.6 Å². The molecule has 42 heavy (non-hydrogen) atoms. The second-order valence-corrected chi connectivity index (χ2v) is 11.1. The third-order valence-electron chi connectivity index (χ3n) is 7.94. The van der Waals surface area contributed by atoms with E-state index >= 15 is 0 Å². The van der Waals surface area contributed by atoms with Crippen LogP contribution in [0.4, 0.5) is 11.6 Å². The van der Waals surface area contributed by atoms with Crippen LogP contribution in [0.2, 0.25) is 0 Å². The molecular formula is C34H36N6O2. The Balaban J connectivity index is 1.30. The molecule has 2 aliphatic rings. The van der Waals surface area contributed by atoms with Crippen LogP contribution in [-0.2, 0) is 13.0 Å². The second kappa shape index (κ2) is 12.6. The number of nitrogens with zero attached hydrogens (tertiary/aromatic N) is 5. The minimum Gasteiger partial charge on any atom is -0.489 e. The van der Waals surface area contributed by atoms with Gasteiger partial charge in [-0.25, -0.2) is 4.98 Å². The summed E-state index contributed by atoms with van der Waals surface area (Å²) in [4.78, 5) is 29.8. The maximum atomic E-state index is 13.8. The molecule has 4 heterocycles. The Hall–Kier alpha value is -4.48. The van der Waals surface area contributed by atoms with Crippen molar-refractivity contribution < 1.29 is 4.74 Å². The van der Waals surface area contributed by atoms with Gasteiger partial charge in [-0.15, -0.1) is 0 Å². The van der Waals surface area contributed by atoms with E-state index in [1.165, 1.54) is 0 Å². The predicted octanol–water partition coefficient (Wildman–Crippen LogP) is 5.33. The number of piperidine rings is 1. The number of anilines is 2. The van der Waals surface area contributed by atoms with Crippen molar-refractivity contribution in [2.45, 2.75) is 51.7 Å². The Bertz CT molecular complexity index is 1720. The van der Waals surface area contributed by atoms with Crippen molar-refractivity contribution in [3.63, 3.8) is 0 Å². The first-order valence-corrected chi connectivity index (χ1v) is 14.8. The van der Waals surface area contributed by atoms with E-state index in [1.54, 1.807) is 17.0 Å². The van der Waals surface area contributed by atoms with Gasteiger partial charge in [0.1, 0.15) is 17.5 Å². The number of allylic oxidation sites excluding steroid dienone is 2. The molecule has 4 aromatic rings. The van der Waals surface area contributed by atoms with Crippen LogP contribution in [-0.4, -0.2) is 50.7 Å². The van der Waals surface area contributed by atoms with Crippen LogP contribution in [0.25, 0.3) is 11.0 Å². The van der Waals surface area contributed by atoms with Crippen LogP contribution >= 0.6 is 0 Å². The quantitative estimate of drug-likeness (QED) is 0.242. The van der Waals surface area contributed by atoms with Gasteiger partial charge in [0.2, 0.25) is 5.95 Å². The minimum atomic E-state index is -0.164. The lowest BCUT2D eigenvalue weighted by molar-refractivity contribution is 0.104. The standard InChI is InChI=1S/C34H36N6O2/c1-3-25-16-17-35-20-28(25)22-40-32-27(19-26(33(40)41)11-10-24-7-4-5-8-24)21-36-34(38-32)37-29-12-14-30(15-13-29)42-31-9-6-18-39(2)23-31/h4,7,12-17,19-21,24,31H,3,5-6,8-9,18,22-23H2,1-2H3,(H,36,37,38). The van der Waals surface area contributed by atoms with Gasteiger partial charge in [0, 0.05) is 42.1 Å². The zero-order valence-electron chi connectivity index (χ0n) is 24.2. The summed E-state index contributed by atoms with van der Waals surface area (Å²) in [6.07, 6.45) is 14.9. The highest BCUT2D eigenvalue weighted by molar-refractivity contribution is 5.77. The molecule has 1 aliphatic carbocycles. The Labute approximate surface area is 246 Å². The van der Waals surface area contributed by atoms with Gasteiger partial charge >= 0.3 is 0 Å². The summed E-state index contributed by atoms with van der Waals surface area (Å²) in [6, 6.07) is 11.7. The normalized spacial score (nSPS) is 18.5. The monoisotopic (exact) mass is 560 g/mol. The molecule has 1 fully saturated rings. The SMILES string of the molecule is CCc1ccncc1Cn1c(=O)c(C#CC2C=CCC2)cc2cnc(Nc3ccc(OC4CCCN(C)C4)cc3)nc21. The Morgan fingerprint density at radius 1 is 1.12 bits per heavy atom. The average molecular weight is 561 g/mol. The van der Waals surface area contributed by atoms with E-state index in [9.17, 15) is 4.79 Å². The number of benzene rings is 1. The van der Waals surface area contributed by atoms with Gasteiger partial charge in [-0.05, 0) is 93.2 Å². The minimum absolute atomic E-state index is 0.164. The summed E-state index contributed by atoms with van der Waals surface area (Å²) in [7, 11) is 2.13. The fraction of sp³-hybridized carbons (Fsp3) is 0.353. The summed E-state index contributed by atoms with van der Waals surface area (Å²) < 4.78 is 7.90. The average Bonchev–Trinajstić information content (AvgIpc) is 3.53. The molecule has 0 amide bonds. The lowest BCUT2D eigenvalue weighted by Crippen LogP contribution is -2.38. The first-order chi connectivity index (χ1) is 20.6. The molecule has 0 radical (unpaired) electrons. The highest BCUT2D eigenvalue weighted by atomic mass is 16.5. The van der Waals surface area contributed by atoms with Crippen LogP contribution in [0.1, 0.15) is 49.3 Å². The molecule has 1 aromatic carbocycles. The van der Waals surface area contributed by atoms with Crippen LogP contribution in [0.15, 0.2) is 71.9 Å². The molecule has 0 bridgehead atoms. The van der Waals surface area contributed by atoms with Crippen molar-refractivity contribution in [3.8, 4) is 17.6 Å². The number of rotatable bonds is 7.